The summed E-state index contributed by atoms with van der Waals surface area (Å²) >= 11 is 1.18. The first kappa shape index (κ1) is 19.4. The lowest BCUT2D eigenvalue weighted by Crippen LogP contribution is -2.40. The van der Waals surface area contributed by atoms with Crippen molar-refractivity contribution in [2.24, 2.45) is 5.73 Å². The van der Waals surface area contributed by atoms with Crippen molar-refractivity contribution in [3.63, 3.8) is 0 Å². The molecule has 6 nitrogen and oxygen atoms in total. The summed E-state index contributed by atoms with van der Waals surface area (Å²) in [5.74, 6) is -1.41. The van der Waals surface area contributed by atoms with E-state index in [1.807, 2.05) is 60.7 Å². The molecule has 2 N–H and O–H groups in total. The molecule has 1 aliphatic rings. The van der Waals surface area contributed by atoms with E-state index in [2.05, 4.69) is 6.07 Å². The van der Waals surface area contributed by atoms with E-state index in [0.29, 0.717) is 9.20 Å². The highest BCUT2D eigenvalue weighted by molar-refractivity contribution is 7.07. The van der Waals surface area contributed by atoms with Gasteiger partial charge in [-0.15, -0.1) is 11.3 Å². The van der Waals surface area contributed by atoms with E-state index >= 15 is 0 Å². The number of aromatic nitrogens is 1. The average Bonchev–Trinajstić information content (AvgIpc) is 3.10. The third-order valence-electron chi connectivity index (χ3n) is 4.90. The molecule has 0 radical (unpaired) electrons. The van der Waals surface area contributed by atoms with Gasteiger partial charge in [0, 0.05) is 0 Å². The highest BCUT2D eigenvalue weighted by atomic mass is 32.1. The first-order valence-electron chi connectivity index (χ1n) is 9.13. The quantitative estimate of drug-likeness (QED) is 0.654. The van der Waals surface area contributed by atoms with Gasteiger partial charge < -0.3 is 10.5 Å². The molecule has 2 heterocycles. The number of nitrogens with two attached hydrogens (primary N) is 1. The van der Waals surface area contributed by atoms with Gasteiger partial charge in [-0.2, -0.15) is 5.26 Å². The molecular weight excluding hydrogens is 398 g/mol. The third kappa shape index (κ3) is 3.13. The van der Waals surface area contributed by atoms with Gasteiger partial charge in [0.05, 0.1) is 34.8 Å². The van der Waals surface area contributed by atoms with Gasteiger partial charge >= 0.3 is 5.97 Å². The van der Waals surface area contributed by atoms with Crippen LogP contribution >= 0.6 is 11.3 Å². The normalized spacial score (nSPS) is 16.2. The number of benzene rings is 2. The largest absolute Gasteiger partial charge is 0.466 e. The van der Waals surface area contributed by atoms with Gasteiger partial charge in [0.2, 0.25) is 0 Å². The number of ether oxygens (including phenoxy) is 1. The molecule has 0 spiro atoms. The second kappa shape index (κ2) is 7.85. The van der Waals surface area contributed by atoms with E-state index in [4.69, 9.17) is 10.5 Å². The number of fused-ring (bicyclic) bond motifs is 1. The van der Waals surface area contributed by atoms with E-state index in [-0.39, 0.29) is 22.5 Å². The Kier molecular flexibility index (Phi) is 5.09. The molecule has 0 aliphatic carbocycles. The van der Waals surface area contributed by atoms with E-state index < -0.39 is 11.9 Å². The van der Waals surface area contributed by atoms with Gasteiger partial charge in [-0.25, -0.2) is 4.79 Å². The van der Waals surface area contributed by atoms with Crippen LogP contribution in [0, 0.1) is 11.3 Å². The number of hydrogen-bond donors (Lipinski definition) is 1. The molecule has 148 valence electrons. The van der Waals surface area contributed by atoms with Crippen molar-refractivity contribution in [1.29, 1.82) is 5.26 Å². The Morgan fingerprint density at radius 1 is 1.17 bits per heavy atom. The van der Waals surface area contributed by atoms with Crippen LogP contribution < -0.4 is 20.5 Å². The number of carbonyl (C=O) groups is 1. The number of nitrogens with zero attached hydrogens (tertiary/aromatic N) is 2. The lowest BCUT2D eigenvalue weighted by atomic mass is 9.84. The fraction of sp³-hybridized carbons (Fsp3) is 0.0870. The molecule has 0 saturated heterocycles. The maximum Gasteiger partial charge on any atom is 0.338 e. The van der Waals surface area contributed by atoms with Crippen LogP contribution in [0.4, 0.5) is 0 Å². The van der Waals surface area contributed by atoms with Crippen LogP contribution in [0.15, 0.2) is 71.0 Å². The van der Waals surface area contributed by atoms with Crippen molar-refractivity contribution in [3.05, 3.63) is 96.9 Å². The lowest BCUT2D eigenvalue weighted by Gasteiger charge is -2.24. The Hall–Kier alpha value is -3.89. The maximum atomic E-state index is 13.1. The third-order valence-corrected chi connectivity index (χ3v) is 6.01. The highest BCUT2D eigenvalue weighted by Gasteiger charge is 2.36. The first-order chi connectivity index (χ1) is 14.6. The smallest absolute Gasteiger partial charge is 0.338 e. The molecule has 4 rings (SSSR count). The lowest BCUT2D eigenvalue weighted by molar-refractivity contribution is -0.136. The van der Waals surface area contributed by atoms with E-state index in [1.165, 1.54) is 23.0 Å². The van der Waals surface area contributed by atoms with Gasteiger partial charge in [-0.05, 0) is 17.2 Å². The zero-order valence-corrected chi connectivity index (χ0v) is 16.8. The van der Waals surface area contributed by atoms with Crippen LogP contribution in [0.3, 0.4) is 0 Å². The molecule has 3 aromatic rings. The monoisotopic (exact) mass is 415 g/mol. The fourth-order valence-electron chi connectivity index (χ4n) is 3.54. The van der Waals surface area contributed by atoms with Crippen LogP contribution in [0.1, 0.15) is 17.0 Å². The molecule has 0 bridgehead atoms. The van der Waals surface area contributed by atoms with Gasteiger partial charge in [-0.3, -0.25) is 9.36 Å². The summed E-state index contributed by atoms with van der Waals surface area (Å²) < 4.78 is 7.02. The molecule has 0 saturated carbocycles. The Morgan fingerprint density at radius 2 is 1.80 bits per heavy atom. The minimum atomic E-state index is -0.716. The van der Waals surface area contributed by atoms with Gasteiger partial charge in [0.1, 0.15) is 10.5 Å². The summed E-state index contributed by atoms with van der Waals surface area (Å²) in [5.41, 5.74) is 7.89. The number of carbonyl (C=O) groups excluding carboxylic acids is 1. The SMILES string of the molecule is COC(=O)C1=C(N)n2c(s/c(=C\c3ccccc3)c2=O)=C(C#N)C1c1ccccc1. The number of methoxy groups -OCH3 is 1. The predicted molar refractivity (Wildman–Crippen MR) is 115 cm³/mol. The maximum absolute atomic E-state index is 13.1. The molecular formula is C23H17N3O3S. The van der Waals surface area contributed by atoms with Crippen molar-refractivity contribution >= 4 is 34.8 Å². The molecule has 30 heavy (non-hydrogen) atoms. The van der Waals surface area contributed by atoms with Crippen LogP contribution in [0.5, 0.6) is 0 Å². The number of hydrogen-bond acceptors (Lipinski definition) is 6. The minimum Gasteiger partial charge on any atom is -0.466 e. The van der Waals surface area contributed by atoms with Gasteiger partial charge in [0.25, 0.3) is 5.56 Å². The zero-order chi connectivity index (χ0) is 21.3. The second-order valence-corrected chi connectivity index (χ2v) is 7.66. The summed E-state index contributed by atoms with van der Waals surface area (Å²) in [6.45, 7) is 0. The number of thiazole rings is 1. The van der Waals surface area contributed by atoms with E-state index in [9.17, 15) is 14.9 Å². The van der Waals surface area contributed by atoms with Crippen LogP contribution in [-0.4, -0.2) is 17.6 Å². The molecule has 1 unspecified atom stereocenters. The summed E-state index contributed by atoms with van der Waals surface area (Å²) in [6.07, 6.45) is 1.75. The molecule has 0 fully saturated rings. The van der Waals surface area contributed by atoms with Crippen molar-refractivity contribution in [1.82, 2.24) is 4.57 Å². The van der Waals surface area contributed by atoms with Crippen LogP contribution in [0.25, 0.3) is 17.5 Å². The summed E-state index contributed by atoms with van der Waals surface area (Å²) in [4.78, 5) is 25.8. The molecule has 1 aliphatic heterocycles. The Morgan fingerprint density at radius 3 is 2.40 bits per heavy atom. The molecule has 2 aromatic carbocycles. The predicted octanol–water partition coefficient (Wildman–Crippen LogP) is 1.51. The summed E-state index contributed by atoms with van der Waals surface area (Å²) in [6, 6.07) is 20.7. The minimum absolute atomic E-state index is 0.0151. The molecule has 7 heteroatoms. The Labute approximate surface area is 176 Å². The van der Waals surface area contributed by atoms with Crippen LogP contribution in [-0.2, 0) is 9.53 Å². The standard InChI is InChI=1S/C23H17N3O3S/c1-29-23(28)19-18(15-10-6-3-7-11-15)16(13-24)22-26(20(19)25)21(27)17(30-22)12-14-8-4-2-5-9-14/h2-12,18H,25H2,1H3/b17-12-. The summed E-state index contributed by atoms with van der Waals surface area (Å²) in [7, 11) is 1.25. The molecule has 1 atom stereocenters. The average molecular weight is 415 g/mol. The van der Waals surface area contributed by atoms with Crippen molar-refractivity contribution in [2.45, 2.75) is 5.92 Å². The summed E-state index contributed by atoms with van der Waals surface area (Å²) in [5, 5.41) is 10.00. The zero-order valence-electron chi connectivity index (χ0n) is 16.0. The van der Waals surface area contributed by atoms with E-state index in [1.54, 1.807) is 6.08 Å². The number of esters is 1. The van der Waals surface area contributed by atoms with Crippen LogP contribution in [0.2, 0.25) is 0 Å². The number of nitriles is 1. The van der Waals surface area contributed by atoms with E-state index in [0.717, 1.165) is 11.1 Å². The molecule has 0 amide bonds. The Balaban J connectivity index is 2.10. The van der Waals surface area contributed by atoms with Gasteiger partial charge in [0.15, 0.2) is 0 Å². The van der Waals surface area contributed by atoms with Crippen molar-refractivity contribution in [2.75, 3.05) is 7.11 Å². The first-order valence-corrected chi connectivity index (χ1v) is 9.94. The van der Waals surface area contributed by atoms with Crippen molar-refractivity contribution < 1.29 is 9.53 Å². The van der Waals surface area contributed by atoms with Gasteiger partial charge in [-0.1, -0.05) is 60.7 Å². The van der Waals surface area contributed by atoms with Crippen molar-refractivity contribution in [3.8, 4) is 6.07 Å². The fourth-order valence-corrected chi connectivity index (χ4v) is 4.67. The number of rotatable bonds is 3. The molecule has 1 aromatic heterocycles. The highest BCUT2D eigenvalue weighted by Crippen LogP contribution is 2.36. The Bertz CT molecular complexity index is 1380. The topological polar surface area (TPSA) is 98.1 Å². The second-order valence-electron chi connectivity index (χ2n) is 6.63.